The van der Waals surface area contributed by atoms with E-state index in [2.05, 4.69) is 11.0 Å². The van der Waals surface area contributed by atoms with Crippen LogP contribution in [0, 0.1) is 29.0 Å². The van der Waals surface area contributed by atoms with Gasteiger partial charge < -0.3 is 0 Å². The molecule has 1 aliphatic heterocycles. The monoisotopic (exact) mass is 695 g/mol. The van der Waals surface area contributed by atoms with Gasteiger partial charge in [-0.25, -0.2) is 0 Å². The summed E-state index contributed by atoms with van der Waals surface area (Å²) in [7, 11) is 0. The zero-order valence-electron chi connectivity index (χ0n) is 23.4. The van der Waals surface area contributed by atoms with Crippen LogP contribution in [0.4, 0.5) is 17.6 Å². The Bertz CT molecular complexity index is 1490. The van der Waals surface area contributed by atoms with Crippen LogP contribution in [0.25, 0.3) is 11.1 Å². The van der Waals surface area contributed by atoms with E-state index in [0.29, 0.717) is 19.0 Å². The number of halogens is 5. The van der Waals surface area contributed by atoms with Gasteiger partial charge in [-0.05, 0) is 24.7 Å². The molecule has 0 amide bonds. The van der Waals surface area contributed by atoms with Crippen molar-refractivity contribution in [1.82, 2.24) is 0 Å². The predicted molar refractivity (Wildman–Crippen MR) is 145 cm³/mol. The Morgan fingerprint density at radius 2 is 1.90 bits per heavy atom. The van der Waals surface area contributed by atoms with Crippen molar-refractivity contribution in [3.8, 4) is 16.9 Å². The molecule has 2 aromatic carbocycles. The molecule has 9 heteroatoms. The third-order valence-corrected chi connectivity index (χ3v) is 10.7. The van der Waals surface area contributed by atoms with Crippen molar-refractivity contribution in [1.29, 1.82) is 0 Å². The van der Waals surface area contributed by atoms with E-state index in [9.17, 15) is 22.4 Å². The fraction of sp³-hybridized carbons (Fsp3) is 0.424. The van der Waals surface area contributed by atoms with Crippen molar-refractivity contribution in [3.05, 3.63) is 84.5 Å². The Hall–Kier alpha value is -2.82. The number of allylic oxidation sites excluding steroid dienone is 3. The number of esters is 1. The first-order valence-electron chi connectivity index (χ1n) is 14.2. The molecular formula is C33H32F4IO4-. The van der Waals surface area contributed by atoms with E-state index < -0.39 is 38.8 Å². The summed E-state index contributed by atoms with van der Waals surface area (Å²) in [6.07, 6.45) is 1.16. The van der Waals surface area contributed by atoms with Gasteiger partial charge in [0.25, 0.3) is 0 Å². The van der Waals surface area contributed by atoms with Crippen molar-refractivity contribution >= 4 is 5.97 Å². The Labute approximate surface area is 253 Å². The van der Waals surface area contributed by atoms with Crippen LogP contribution < -0.4 is 25.9 Å². The van der Waals surface area contributed by atoms with Gasteiger partial charge in [0.1, 0.15) is 0 Å². The van der Waals surface area contributed by atoms with E-state index in [-0.39, 0.29) is 58.2 Å². The summed E-state index contributed by atoms with van der Waals surface area (Å²) in [5.41, 5.74) is 2.14. The van der Waals surface area contributed by atoms with E-state index >= 15 is 0 Å². The second-order valence-corrected chi connectivity index (χ2v) is 13.7. The Morgan fingerprint density at radius 3 is 2.64 bits per heavy atom. The molecule has 0 N–H and O–H groups in total. The molecular weight excluding hydrogens is 663 g/mol. The molecule has 0 saturated heterocycles. The molecule has 3 saturated carbocycles. The second-order valence-electron chi connectivity index (χ2n) is 11.8. The average molecular weight is 696 g/mol. The van der Waals surface area contributed by atoms with Crippen LogP contribution in [0.3, 0.4) is 0 Å². The van der Waals surface area contributed by atoms with Crippen molar-refractivity contribution in [2.75, 3.05) is 13.2 Å². The van der Waals surface area contributed by atoms with Gasteiger partial charge in [0.2, 0.25) is 0 Å². The molecule has 1 heterocycles. The quantitative estimate of drug-likeness (QED) is 0.196. The molecule has 2 aromatic rings. The average Bonchev–Trinajstić information content (AvgIpc) is 3.84. The number of hydrogen-bond donors (Lipinski definition) is 0. The fourth-order valence-corrected chi connectivity index (χ4v) is 8.01. The summed E-state index contributed by atoms with van der Waals surface area (Å²) in [4.78, 5) is 12.2. The Balaban J connectivity index is 1.15. The maximum absolute atomic E-state index is 14.8. The van der Waals surface area contributed by atoms with E-state index in [4.69, 9.17) is 14.2 Å². The molecule has 4 nitrogen and oxygen atoms in total. The number of alkyl halides is 3. The summed E-state index contributed by atoms with van der Waals surface area (Å²) >= 11 is -0.482. The molecule has 0 aromatic heterocycles. The van der Waals surface area contributed by atoms with Crippen LogP contribution in [0.5, 0.6) is 5.75 Å². The Morgan fingerprint density at radius 1 is 1.10 bits per heavy atom. The first kappa shape index (κ1) is 29.3. The number of benzene rings is 2. The minimum absolute atomic E-state index is 0.0397. The van der Waals surface area contributed by atoms with Crippen LogP contribution in [0.1, 0.15) is 50.7 Å². The van der Waals surface area contributed by atoms with Crippen LogP contribution >= 0.6 is 0 Å². The molecule has 3 fully saturated rings. The zero-order chi connectivity index (χ0) is 29.6. The van der Waals surface area contributed by atoms with Crippen molar-refractivity contribution < 1.29 is 57.8 Å². The molecule has 42 heavy (non-hydrogen) atoms. The van der Waals surface area contributed by atoms with Gasteiger partial charge in [-0.3, -0.25) is 0 Å². The minimum atomic E-state index is -4.61. The van der Waals surface area contributed by atoms with Crippen molar-refractivity contribution in [2.45, 2.75) is 52.3 Å². The van der Waals surface area contributed by atoms with Crippen LogP contribution in [-0.4, -0.2) is 19.2 Å². The number of rotatable bonds is 10. The van der Waals surface area contributed by atoms with Gasteiger partial charge in [-0.1, -0.05) is 6.92 Å². The molecule has 3 aliphatic carbocycles. The van der Waals surface area contributed by atoms with Gasteiger partial charge >= 0.3 is 216 Å². The molecule has 0 bridgehead atoms. The number of fused-ring (bicyclic) bond motifs is 3. The number of ether oxygens (including phenoxy) is 3. The molecule has 3 atom stereocenters. The van der Waals surface area contributed by atoms with Crippen LogP contribution in [0.2, 0.25) is 0 Å². The van der Waals surface area contributed by atoms with Gasteiger partial charge in [-0.2, -0.15) is 0 Å². The molecule has 0 unspecified atom stereocenters. The zero-order valence-corrected chi connectivity index (χ0v) is 25.6. The Kier molecular flexibility index (Phi) is 7.91. The SMILES string of the molecule is CCOC(=O)[C@H]1[C@@H]2CC3=CC(OCc4cc(-c5ccc(OCCC6(C)CC6)cc5C(F)(F)F)ccc4F)=C[I-]C=C3[C@@H]21. The van der Waals surface area contributed by atoms with Gasteiger partial charge in [-0.15, -0.1) is 0 Å². The second kappa shape index (κ2) is 11.4. The summed E-state index contributed by atoms with van der Waals surface area (Å²) in [5, 5.41) is 0. The summed E-state index contributed by atoms with van der Waals surface area (Å²) < 4.78 is 78.2. The first-order valence-corrected chi connectivity index (χ1v) is 16.7. The summed E-state index contributed by atoms with van der Waals surface area (Å²) in [6, 6.07) is 7.92. The maximum atomic E-state index is 14.8. The summed E-state index contributed by atoms with van der Waals surface area (Å²) in [6.45, 7) is 4.57. The molecule has 0 spiro atoms. The molecule has 224 valence electrons. The normalized spacial score (nSPS) is 23.7. The first-order chi connectivity index (χ1) is 20.1. The van der Waals surface area contributed by atoms with Gasteiger partial charge in [0.15, 0.2) is 0 Å². The van der Waals surface area contributed by atoms with E-state index in [0.717, 1.165) is 37.3 Å². The van der Waals surface area contributed by atoms with Gasteiger partial charge in [0.05, 0.1) is 6.61 Å². The van der Waals surface area contributed by atoms with E-state index in [1.54, 1.807) is 6.92 Å². The van der Waals surface area contributed by atoms with Crippen LogP contribution in [-0.2, 0) is 27.1 Å². The van der Waals surface area contributed by atoms with Crippen molar-refractivity contribution in [2.24, 2.45) is 23.2 Å². The predicted octanol–water partition coefficient (Wildman–Crippen LogP) is 5.18. The third-order valence-electron chi connectivity index (χ3n) is 8.71. The molecule has 4 aliphatic rings. The van der Waals surface area contributed by atoms with Crippen molar-refractivity contribution in [3.63, 3.8) is 0 Å². The topological polar surface area (TPSA) is 44.8 Å². The standard InChI is InChI=1S/C33H32F4IO4/c1-3-40-31(39)30-25-14-20-13-23(16-38-17-26(20)29(25)30)42-18-21-12-19(4-7-28(21)34)24-6-5-22(15-27(24)33(35,36)37)41-11-10-32(2)8-9-32/h4-7,12-13,15-17,25,29-30H,3,8-11,14,18H2,1-2H3/q-1/t25-,29-,30+/m1/s1. The third kappa shape index (κ3) is 6.12. The summed E-state index contributed by atoms with van der Waals surface area (Å²) in [5.74, 6) is 0.524. The van der Waals surface area contributed by atoms with Gasteiger partial charge in [0, 0.05) is 0 Å². The van der Waals surface area contributed by atoms with E-state index in [1.807, 2.05) is 10.2 Å². The number of carbonyl (C=O) groups is 1. The van der Waals surface area contributed by atoms with E-state index in [1.165, 1.54) is 35.9 Å². The molecule has 6 rings (SSSR count). The number of carbonyl (C=O) groups excluding carboxylic acids is 1. The number of hydrogen-bond acceptors (Lipinski definition) is 4. The van der Waals surface area contributed by atoms with Crippen LogP contribution in [0.15, 0.2) is 67.5 Å². The fourth-order valence-electron chi connectivity index (χ4n) is 5.91. The molecule has 0 radical (unpaired) electrons.